The van der Waals surface area contributed by atoms with Crippen molar-refractivity contribution in [3.63, 3.8) is 0 Å². The number of H-pyrrole nitrogens is 1. The maximum atomic E-state index is 12.8. The quantitative estimate of drug-likeness (QED) is 0.191. The fourth-order valence-corrected chi connectivity index (χ4v) is 5.57. The molecule has 1 saturated heterocycles. The summed E-state index contributed by atoms with van der Waals surface area (Å²) in [6, 6.07) is 11.3. The van der Waals surface area contributed by atoms with Gasteiger partial charge in [-0.15, -0.1) is 5.10 Å². The van der Waals surface area contributed by atoms with Crippen LogP contribution < -0.4 is 16.0 Å². The Hall–Kier alpha value is -3.94. The average Bonchev–Trinajstić information content (AvgIpc) is 3.62. The first kappa shape index (κ1) is 27.2. The highest BCUT2D eigenvalue weighted by Gasteiger charge is 2.29. The van der Waals surface area contributed by atoms with Crippen LogP contribution in [0.5, 0.6) is 0 Å². The molecule has 214 valence electrons. The third-order valence-corrected chi connectivity index (χ3v) is 8.15. The van der Waals surface area contributed by atoms with Crippen molar-refractivity contribution in [3.8, 4) is 0 Å². The molecule has 2 amide bonds. The highest BCUT2D eigenvalue weighted by Crippen LogP contribution is 2.32. The summed E-state index contributed by atoms with van der Waals surface area (Å²) in [5.74, 6) is 1.62. The third-order valence-electron chi connectivity index (χ3n) is 7.29. The summed E-state index contributed by atoms with van der Waals surface area (Å²) in [6.45, 7) is 4.02. The number of anilines is 4. The number of carbonyl (C=O) groups excluding carboxylic acids is 2. The number of nitrogens with one attached hydrogen (secondary N) is 4. The van der Waals surface area contributed by atoms with Gasteiger partial charge in [0.15, 0.2) is 11.6 Å². The van der Waals surface area contributed by atoms with Crippen molar-refractivity contribution in [1.82, 2.24) is 29.7 Å². The monoisotopic (exact) mass is 575 g/mol. The summed E-state index contributed by atoms with van der Waals surface area (Å²) in [7, 11) is 0. The van der Waals surface area contributed by atoms with Gasteiger partial charge in [-0.25, -0.2) is 9.50 Å². The van der Waals surface area contributed by atoms with E-state index in [1.165, 1.54) is 11.8 Å². The van der Waals surface area contributed by atoms with Crippen LogP contribution in [0.4, 0.5) is 23.0 Å². The zero-order valence-electron chi connectivity index (χ0n) is 22.8. The number of nitrogens with zero attached hydrogens (tertiary/aromatic N) is 5. The molecule has 0 atom stereocenters. The molecule has 4 aromatic rings. The second kappa shape index (κ2) is 11.9. The fourth-order valence-electron chi connectivity index (χ4n) is 4.82. The predicted octanol–water partition coefficient (Wildman–Crippen LogP) is 3.65. The number of likely N-dealkylation sites (tertiary alicyclic amines) is 1. The lowest BCUT2D eigenvalue weighted by Crippen LogP contribution is -2.39. The minimum Gasteiger partial charge on any atom is -0.396 e. The summed E-state index contributed by atoms with van der Waals surface area (Å²) in [5, 5.41) is 31.0. The van der Waals surface area contributed by atoms with Gasteiger partial charge in [0.2, 0.25) is 17.0 Å². The highest BCUT2D eigenvalue weighted by atomic mass is 32.2. The highest BCUT2D eigenvalue weighted by molar-refractivity contribution is 7.99. The van der Waals surface area contributed by atoms with Gasteiger partial charge >= 0.3 is 0 Å². The number of aliphatic hydroxyl groups excluding tert-OH is 1. The molecule has 0 unspecified atom stereocenters. The van der Waals surface area contributed by atoms with E-state index in [1.807, 2.05) is 43.3 Å². The van der Waals surface area contributed by atoms with E-state index >= 15 is 0 Å². The molecule has 5 N–H and O–H groups in total. The molecule has 41 heavy (non-hydrogen) atoms. The Bertz CT molecular complexity index is 1540. The lowest BCUT2D eigenvalue weighted by atomic mass is 9.98. The van der Waals surface area contributed by atoms with Crippen molar-refractivity contribution in [3.05, 3.63) is 48.3 Å². The number of carbonyl (C=O) groups is 2. The summed E-state index contributed by atoms with van der Waals surface area (Å²) >= 11 is 1.39. The minimum absolute atomic E-state index is 0.0743. The molecule has 0 spiro atoms. The lowest BCUT2D eigenvalue weighted by Gasteiger charge is -2.30. The van der Waals surface area contributed by atoms with E-state index in [1.54, 1.807) is 10.7 Å². The Kier molecular flexibility index (Phi) is 7.90. The Morgan fingerprint density at radius 2 is 1.85 bits per heavy atom. The Labute approximate surface area is 241 Å². The van der Waals surface area contributed by atoms with Crippen LogP contribution in [0, 0.1) is 18.8 Å². The molecular weight excluding hydrogens is 542 g/mol. The summed E-state index contributed by atoms with van der Waals surface area (Å²) < 4.78 is 1.70. The molecule has 3 aromatic heterocycles. The smallest absolute Gasteiger partial charge is 0.238 e. The predicted molar refractivity (Wildman–Crippen MR) is 156 cm³/mol. The maximum absolute atomic E-state index is 12.8. The summed E-state index contributed by atoms with van der Waals surface area (Å²) in [5.41, 5.74) is 2.98. The van der Waals surface area contributed by atoms with Crippen LogP contribution in [-0.4, -0.2) is 72.9 Å². The Balaban J connectivity index is 1.19. The minimum atomic E-state index is -0.0998. The van der Waals surface area contributed by atoms with Crippen LogP contribution in [0.2, 0.25) is 0 Å². The number of aromatic nitrogens is 5. The lowest BCUT2D eigenvalue weighted by molar-refractivity contribution is -0.118. The molecule has 1 aromatic carbocycles. The molecule has 4 heterocycles. The standard InChI is InChI=1S/C28H33N9O3S/c1-17-12-24(34-33-17)31-26-23-13-21(29-25(39)15-36-10-8-18(16-38)9-11-36)14-37(23)35-28(32-26)41-22-6-4-20(5-7-22)30-27(40)19-2-3-19/h4-7,12-14,18-19,38H,2-3,8-11,15-16H2,1H3,(H,29,39)(H,30,40)(H2,31,32,33,34,35). The van der Waals surface area contributed by atoms with Gasteiger partial charge in [0, 0.05) is 34.9 Å². The number of fused-ring (bicyclic) bond motifs is 1. The van der Waals surface area contributed by atoms with Gasteiger partial charge in [0.25, 0.3) is 0 Å². The molecule has 1 aliphatic carbocycles. The first-order valence-corrected chi connectivity index (χ1v) is 14.6. The molecule has 2 fully saturated rings. The average molecular weight is 576 g/mol. The van der Waals surface area contributed by atoms with E-state index in [9.17, 15) is 14.7 Å². The van der Waals surface area contributed by atoms with E-state index in [0.29, 0.717) is 40.5 Å². The van der Waals surface area contributed by atoms with Crippen molar-refractivity contribution < 1.29 is 14.7 Å². The summed E-state index contributed by atoms with van der Waals surface area (Å²) in [6.07, 6.45) is 5.49. The molecular formula is C28H33N9O3S. The molecule has 12 nitrogen and oxygen atoms in total. The number of benzene rings is 1. The number of hydrogen-bond acceptors (Lipinski definition) is 9. The van der Waals surface area contributed by atoms with Crippen LogP contribution in [0.15, 0.2) is 52.6 Å². The van der Waals surface area contributed by atoms with Crippen LogP contribution >= 0.6 is 11.8 Å². The first-order valence-electron chi connectivity index (χ1n) is 13.8. The van der Waals surface area contributed by atoms with Crippen LogP contribution in [-0.2, 0) is 9.59 Å². The number of aliphatic hydroxyl groups is 1. The van der Waals surface area contributed by atoms with E-state index in [-0.39, 0.29) is 24.3 Å². The molecule has 6 rings (SSSR count). The first-order chi connectivity index (χ1) is 19.9. The number of hydrogen-bond donors (Lipinski definition) is 5. The molecule has 0 bridgehead atoms. The SMILES string of the molecule is Cc1cc(Nc2nc(Sc3ccc(NC(=O)C4CC4)cc3)nn3cc(NC(=O)CN4CCC(CO)CC4)cc23)n[nH]1. The van der Waals surface area contributed by atoms with Crippen LogP contribution in [0.3, 0.4) is 0 Å². The topological polar surface area (TPSA) is 153 Å². The number of piperidine rings is 1. The normalized spacial score (nSPS) is 16.1. The maximum Gasteiger partial charge on any atom is 0.238 e. The van der Waals surface area contributed by atoms with Crippen molar-refractivity contribution >= 4 is 52.1 Å². The van der Waals surface area contributed by atoms with Crippen molar-refractivity contribution in [1.29, 1.82) is 0 Å². The largest absolute Gasteiger partial charge is 0.396 e. The second-order valence-corrected chi connectivity index (χ2v) is 11.7. The zero-order chi connectivity index (χ0) is 28.3. The van der Waals surface area contributed by atoms with Crippen molar-refractivity contribution in [2.75, 3.05) is 42.2 Å². The van der Waals surface area contributed by atoms with Gasteiger partial charge < -0.3 is 21.1 Å². The van der Waals surface area contributed by atoms with Gasteiger partial charge in [0.1, 0.15) is 5.52 Å². The Morgan fingerprint density at radius 3 is 2.54 bits per heavy atom. The molecule has 13 heteroatoms. The summed E-state index contributed by atoms with van der Waals surface area (Å²) in [4.78, 5) is 32.7. The third kappa shape index (κ3) is 6.87. The van der Waals surface area contributed by atoms with E-state index < -0.39 is 0 Å². The van der Waals surface area contributed by atoms with E-state index in [0.717, 1.165) is 55.0 Å². The van der Waals surface area contributed by atoms with Gasteiger partial charge in [-0.05, 0) is 93.7 Å². The molecule has 1 saturated carbocycles. The molecule has 2 aliphatic rings. The second-order valence-electron chi connectivity index (χ2n) is 10.7. The van der Waals surface area contributed by atoms with Gasteiger partial charge in [0.05, 0.1) is 18.4 Å². The van der Waals surface area contributed by atoms with Gasteiger partial charge in [-0.2, -0.15) is 5.10 Å². The number of rotatable bonds is 10. The number of amides is 2. The van der Waals surface area contributed by atoms with Crippen molar-refractivity contribution in [2.45, 2.75) is 42.7 Å². The fraction of sp³-hybridized carbons (Fsp3) is 0.393. The molecule has 1 aliphatic heterocycles. The van der Waals surface area contributed by atoms with E-state index in [4.69, 9.17) is 4.98 Å². The van der Waals surface area contributed by atoms with Gasteiger partial charge in [-0.3, -0.25) is 19.6 Å². The Morgan fingerprint density at radius 1 is 1.07 bits per heavy atom. The van der Waals surface area contributed by atoms with E-state index in [2.05, 4.69) is 36.1 Å². The van der Waals surface area contributed by atoms with Crippen molar-refractivity contribution in [2.24, 2.45) is 11.8 Å². The van der Waals surface area contributed by atoms with Gasteiger partial charge in [-0.1, -0.05) is 0 Å². The number of aromatic amines is 1. The van der Waals surface area contributed by atoms with Crippen LogP contribution in [0.25, 0.3) is 5.52 Å². The zero-order valence-corrected chi connectivity index (χ0v) is 23.6. The number of aryl methyl sites for hydroxylation is 1. The molecule has 0 radical (unpaired) electrons. The van der Waals surface area contributed by atoms with Crippen LogP contribution in [0.1, 0.15) is 31.4 Å².